The summed E-state index contributed by atoms with van der Waals surface area (Å²) in [6, 6.07) is 9.59. The molecule has 0 bridgehead atoms. The smallest absolute Gasteiger partial charge is 0.215 e. The van der Waals surface area contributed by atoms with Crippen LogP contribution in [0.1, 0.15) is 0 Å². The average Bonchev–Trinajstić information content (AvgIpc) is 2.03. The molecule has 1 atom stereocenters. The number of benzene rings is 1. The van der Waals surface area contributed by atoms with Crippen molar-refractivity contribution in [2.45, 2.75) is 0 Å². The number of hydrogen-bond acceptors (Lipinski definition) is 2. The minimum absolute atomic E-state index is 0.0923. The molecule has 0 N–H and O–H groups in total. The van der Waals surface area contributed by atoms with Crippen molar-refractivity contribution in [3.8, 4) is 5.75 Å². The Balaban J connectivity index is 2.43. The second-order valence-electron chi connectivity index (χ2n) is 1.70. The van der Waals surface area contributed by atoms with Gasteiger partial charge in [0.15, 0.2) is 0 Å². The SMILES string of the molecule is COPOc1ccccc1. The first-order chi connectivity index (χ1) is 4.93. The second-order valence-corrected chi connectivity index (χ2v) is 2.48. The molecule has 0 aliphatic carbocycles. The van der Waals surface area contributed by atoms with Crippen molar-refractivity contribution in [3.05, 3.63) is 30.3 Å². The zero-order valence-corrected chi connectivity index (χ0v) is 6.70. The Bertz CT molecular complexity index is 176. The molecule has 0 radical (unpaired) electrons. The van der Waals surface area contributed by atoms with E-state index in [9.17, 15) is 0 Å². The Hall–Kier alpha value is -0.590. The molecular formula is C7H9O2P. The van der Waals surface area contributed by atoms with Crippen LogP contribution < -0.4 is 4.52 Å². The van der Waals surface area contributed by atoms with Gasteiger partial charge in [-0.05, 0) is 12.1 Å². The fourth-order valence-electron chi connectivity index (χ4n) is 0.578. The van der Waals surface area contributed by atoms with Crippen LogP contribution in [-0.2, 0) is 4.52 Å². The lowest BCUT2D eigenvalue weighted by Gasteiger charge is -2.00. The van der Waals surface area contributed by atoms with Gasteiger partial charge in [-0.3, -0.25) is 0 Å². The van der Waals surface area contributed by atoms with Crippen LogP contribution in [0, 0.1) is 0 Å². The summed E-state index contributed by atoms with van der Waals surface area (Å²) in [7, 11) is 1.70. The van der Waals surface area contributed by atoms with E-state index in [1.165, 1.54) is 0 Å². The van der Waals surface area contributed by atoms with Gasteiger partial charge in [-0.15, -0.1) is 0 Å². The summed E-state index contributed by atoms with van der Waals surface area (Å²) in [5, 5.41) is 0. The van der Waals surface area contributed by atoms with Crippen LogP contribution in [0.15, 0.2) is 30.3 Å². The molecular weight excluding hydrogens is 147 g/mol. The molecule has 0 heterocycles. The van der Waals surface area contributed by atoms with E-state index in [2.05, 4.69) is 0 Å². The lowest BCUT2D eigenvalue weighted by atomic mass is 10.3. The summed E-state index contributed by atoms with van der Waals surface area (Å²) < 4.78 is 9.91. The van der Waals surface area contributed by atoms with Gasteiger partial charge >= 0.3 is 0 Å². The van der Waals surface area contributed by atoms with Crippen LogP contribution in [0.2, 0.25) is 0 Å². The highest BCUT2D eigenvalue weighted by Gasteiger charge is 1.87. The third-order valence-electron chi connectivity index (χ3n) is 0.986. The van der Waals surface area contributed by atoms with E-state index in [1.807, 2.05) is 30.3 Å². The van der Waals surface area contributed by atoms with Crippen molar-refractivity contribution < 1.29 is 9.05 Å². The highest BCUT2D eigenvalue weighted by Crippen LogP contribution is 2.19. The van der Waals surface area contributed by atoms with Gasteiger partial charge in [-0.1, -0.05) is 18.2 Å². The van der Waals surface area contributed by atoms with Crippen LogP contribution in [0.4, 0.5) is 0 Å². The Morgan fingerprint density at radius 2 is 1.90 bits per heavy atom. The molecule has 0 aliphatic rings. The summed E-state index contributed by atoms with van der Waals surface area (Å²) >= 11 is 0. The highest BCUT2D eigenvalue weighted by atomic mass is 31.1. The summed E-state index contributed by atoms with van der Waals surface area (Å²) in [6.45, 7) is 0. The Labute approximate surface area is 62.1 Å². The van der Waals surface area contributed by atoms with Crippen LogP contribution in [0.3, 0.4) is 0 Å². The van der Waals surface area contributed by atoms with Crippen molar-refractivity contribution in [1.29, 1.82) is 0 Å². The quantitative estimate of drug-likeness (QED) is 0.624. The van der Waals surface area contributed by atoms with Gasteiger partial charge in [0.1, 0.15) is 5.75 Å². The molecule has 1 aromatic rings. The van der Waals surface area contributed by atoms with Gasteiger partial charge in [-0.25, -0.2) is 0 Å². The van der Waals surface area contributed by atoms with E-state index in [0.29, 0.717) is 0 Å². The maximum Gasteiger partial charge on any atom is 0.215 e. The maximum absolute atomic E-state index is 5.16. The Morgan fingerprint density at radius 3 is 2.50 bits per heavy atom. The molecule has 0 aliphatic heterocycles. The van der Waals surface area contributed by atoms with Crippen LogP contribution in [-0.4, -0.2) is 7.11 Å². The lowest BCUT2D eigenvalue weighted by molar-refractivity contribution is 0.417. The summed E-state index contributed by atoms with van der Waals surface area (Å²) in [6.07, 6.45) is 0. The Kier molecular flexibility index (Phi) is 3.20. The molecule has 0 saturated heterocycles. The highest BCUT2D eigenvalue weighted by molar-refractivity contribution is 7.26. The Morgan fingerprint density at radius 1 is 1.20 bits per heavy atom. The molecule has 0 saturated carbocycles. The maximum atomic E-state index is 5.16. The third kappa shape index (κ3) is 2.34. The standard InChI is InChI=1S/C7H9O2P/c1-8-10-9-7-5-3-2-4-6-7/h2-6,10H,1H3. The monoisotopic (exact) mass is 156 g/mol. The first kappa shape index (κ1) is 7.52. The molecule has 0 amide bonds. The number of rotatable bonds is 3. The van der Waals surface area contributed by atoms with Gasteiger partial charge < -0.3 is 9.05 Å². The molecule has 0 fully saturated rings. The fraction of sp³-hybridized carbons (Fsp3) is 0.143. The van der Waals surface area contributed by atoms with Gasteiger partial charge in [0, 0.05) is 7.11 Å². The van der Waals surface area contributed by atoms with Crippen molar-refractivity contribution in [1.82, 2.24) is 0 Å². The van der Waals surface area contributed by atoms with Crippen molar-refractivity contribution in [3.63, 3.8) is 0 Å². The van der Waals surface area contributed by atoms with Crippen molar-refractivity contribution >= 4 is 9.03 Å². The molecule has 2 nitrogen and oxygen atoms in total. The minimum Gasteiger partial charge on any atom is -0.450 e. The molecule has 54 valence electrons. The third-order valence-corrected chi connectivity index (χ3v) is 1.47. The molecule has 3 heteroatoms. The number of hydrogen-bond donors (Lipinski definition) is 0. The largest absolute Gasteiger partial charge is 0.450 e. The fourth-order valence-corrected chi connectivity index (χ4v) is 0.894. The zero-order valence-electron chi connectivity index (χ0n) is 5.70. The molecule has 0 aromatic heterocycles. The van der Waals surface area contributed by atoms with E-state index >= 15 is 0 Å². The molecule has 0 spiro atoms. The molecule has 1 unspecified atom stereocenters. The lowest BCUT2D eigenvalue weighted by Crippen LogP contribution is -1.76. The summed E-state index contributed by atoms with van der Waals surface area (Å²) in [5.74, 6) is 0.850. The predicted octanol–water partition coefficient (Wildman–Crippen LogP) is 2.22. The zero-order chi connectivity index (χ0) is 7.23. The van der Waals surface area contributed by atoms with Gasteiger partial charge in [0.05, 0.1) is 0 Å². The molecule has 10 heavy (non-hydrogen) atoms. The van der Waals surface area contributed by atoms with Crippen molar-refractivity contribution in [2.24, 2.45) is 0 Å². The topological polar surface area (TPSA) is 18.5 Å². The van der Waals surface area contributed by atoms with Gasteiger partial charge in [-0.2, -0.15) is 0 Å². The second kappa shape index (κ2) is 4.26. The van der Waals surface area contributed by atoms with Crippen LogP contribution in [0.5, 0.6) is 5.75 Å². The normalized spacial score (nSPS) is 10.5. The van der Waals surface area contributed by atoms with E-state index < -0.39 is 0 Å². The van der Waals surface area contributed by atoms with E-state index in [0.717, 1.165) is 5.75 Å². The van der Waals surface area contributed by atoms with Crippen molar-refractivity contribution in [2.75, 3.05) is 7.11 Å². The molecule has 1 aromatic carbocycles. The van der Waals surface area contributed by atoms with Gasteiger partial charge in [0.2, 0.25) is 9.03 Å². The predicted molar refractivity (Wildman–Crippen MR) is 42.4 cm³/mol. The van der Waals surface area contributed by atoms with Crippen LogP contribution in [0.25, 0.3) is 0 Å². The number of para-hydroxylation sites is 1. The van der Waals surface area contributed by atoms with Gasteiger partial charge in [0.25, 0.3) is 0 Å². The molecule has 1 rings (SSSR count). The average molecular weight is 156 g/mol. The van der Waals surface area contributed by atoms with E-state index in [-0.39, 0.29) is 9.03 Å². The van der Waals surface area contributed by atoms with E-state index in [4.69, 9.17) is 9.05 Å². The first-order valence-corrected chi connectivity index (χ1v) is 3.75. The first-order valence-electron chi connectivity index (χ1n) is 2.93. The minimum atomic E-state index is 0.0923. The van der Waals surface area contributed by atoms with E-state index in [1.54, 1.807) is 7.11 Å². The summed E-state index contributed by atoms with van der Waals surface area (Å²) in [4.78, 5) is 0. The summed E-state index contributed by atoms with van der Waals surface area (Å²) in [5.41, 5.74) is 0. The van der Waals surface area contributed by atoms with Crippen LogP contribution >= 0.6 is 9.03 Å².